The number of aliphatic hydroxyl groups excluding tert-OH is 1. The smallest absolute Gasteiger partial charge is 0.0433 e. The summed E-state index contributed by atoms with van der Waals surface area (Å²) in [6.45, 7) is 14.6. The van der Waals surface area contributed by atoms with Crippen LogP contribution in [0.1, 0.15) is 79.1 Å². The van der Waals surface area contributed by atoms with Crippen molar-refractivity contribution < 1.29 is 5.11 Å². The van der Waals surface area contributed by atoms with Gasteiger partial charge in [0.1, 0.15) is 0 Å². The average Bonchev–Trinajstić information content (AvgIpc) is 2.37. The third kappa shape index (κ3) is 3.38. The first-order chi connectivity index (χ1) is 9.81. The SMILES string of the molecule is C=C1CCC2C(C)(C)CCC[C@]2(C)C1CC[C@@H](C)CCO. The van der Waals surface area contributed by atoms with Gasteiger partial charge in [-0.1, -0.05) is 52.7 Å². The summed E-state index contributed by atoms with van der Waals surface area (Å²) in [5.74, 6) is 2.21. The fourth-order valence-corrected chi connectivity index (χ4v) is 5.62. The van der Waals surface area contributed by atoms with Gasteiger partial charge < -0.3 is 5.11 Å². The fraction of sp³-hybridized carbons (Fsp3) is 0.900. The van der Waals surface area contributed by atoms with Gasteiger partial charge in [0.05, 0.1) is 0 Å². The van der Waals surface area contributed by atoms with Crippen LogP contribution in [0.15, 0.2) is 12.2 Å². The van der Waals surface area contributed by atoms with Crippen molar-refractivity contribution >= 4 is 0 Å². The molecule has 1 N–H and O–H groups in total. The molecular weight excluding hydrogens is 256 g/mol. The lowest BCUT2D eigenvalue weighted by atomic mass is 9.47. The average molecular weight is 293 g/mol. The molecule has 0 heterocycles. The van der Waals surface area contributed by atoms with E-state index in [0.717, 1.165) is 12.3 Å². The Morgan fingerprint density at radius 3 is 2.62 bits per heavy atom. The van der Waals surface area contributed by atoms with Gasteiger partial charge in [0.2, 0.25) is 0 Å². The summed E-state index contributed by atoms with van der Waals surface area (Å²) in [5.41, 5.74) is 2.49. The van der Waals surface area contributed by atoms with E-state index < -0.39 is 0 Å². The van der Waals surface area contributed by atoms with Gasteiger partial charge in [0.15, 0.2) is 0 Å². The Morgan fingerprint density at radius 1 is 1.24 bits per heavy atom. The Hall–Kier alpha value is -0.300. The van der Waals surface area contributed by atoms with Crippen molar-refractivity contribution in [1.29, 1.82) is 0 Å². The number of allylic oxidation sites excluding steroid dienone is 1. The topological polar surface area (TPSA) is 20.2 Å². The van der Waals surface area contributed by atoms with Crippen LogP contribution in [-0.2, 0) is 0 Å². The molecule has 2 aliphatic carbocycles. The van der Waals surface area contributed by atoms with E-state index in [1.54, 1.807) is 0 Å². The molecule has 2 saturated carbocycles. The van der Waals surface area contributed by atoms with Crippen molar-refractivity contribution in [3.8, 4) is 0 Å². The molecule has 2 unspecified atom stereocenters. The van der Waals surface area contributed by atoms with E-state index in [1.807, 2.05) is 0 Å². The predicted molar refractivity (Wildman–Crippen MR) is 91.2 cm³/mol. The second-order valence-electron chi connectivity index (χ2n) is 8.84. The summed E-state index contributed by atoms with van der Waals surface area (Å²) in [6, 6.07) is 0. The predicted octanol–water partition coefficient (Wildman–Crippen LogP) is 5.58. The van der Waals surface area contributed by atoms with Crippen LogP contribution in [0.25, 0.3) is 0 Å². The third-order valence-corrected chi connectivity index (χ3v) is 6.89. The lowest BCUT2D eigenvalue weighted by Gasteiger charge is -2.58. The molecule has 0 aromatic rings. The molecule has 0 aliphatic heterocycles. The standard InChI is InChI=1S/C20H36O/c1-15(11-14-21)7-9-17-16(2)8-10-18-19(3,4)12-6-13-20(17,18)5/h15,17-18,21H,2,6-14H2,1,3-5H3/t15-,17?,18?,20-/m1/s1. The lowest BCUT2D eigenvalue weighted by Crippen LogP contribution is -2.49. The summed E-state index contributed by atoms with van der Waals surface area (Å²) < 4.78 is 0. The minimum Gasteiger partial charge on any atom is -0.396 e. The summed E-state index contributed by atoms with van der Waals surface area (Å²) in [5, 5.41) is 9.11. The van der Waals surface area contributed by atoms with Gasteiger partial charge in [-0.2, -0.15) is 0 Å². The summed E-state index contributed by atoms with van der Waals surface area (Å²) >= 11 is 0. The maximum absolute atomic E-state index is 9.11. The highest BCUT2D eigenvalue weighted by molar-refractivity contribution is 5.15. The van der Waals surface area contributed by atoms with Gasteiger partial charge in [0.25, 0.3) is 0 Å². The van der Waals surface area contributed by atoms with E-state index in [2.05, 4.69) is 34.3 Å². The molecule has 2 fully saturated rings. The minimum atomic E-state index is 0.333. The second-order valence-corrected chi connectivity index (χ2v) is 8.84. The van der Waals surface area contributed by atoms with E-state index in [1.165, 1.54) is 50.5 Å². The third-order valence-electron chi connectivity index (χ3n) is 6.89. The highest BCUT2D eigenvalue weighted by Crippen LogP contribution is 2.61. The van der Waals surface area contributed by atoms with Gasteiger partial charge in [-0.25, -0.2) is 0 Å². The van der Waals surface area contributed by atoms with E-state index in [-0.39, 0.29) is 0 Å². The molecule has 4 atom stereocenters. The van der Waals surface area contributed by atoms with Gasteiger partial charge in [0, 0.05) is 6.61 Å². The van der Waals surface area contributed by atoms with Crippen LogP contribution >= 0.6 is 0 Å². The molecule has 0 bridgehead atoms. The Balaban J connectivity index is 2.12. The first kappa shape index (κ1) is 17.1. The van der Waals surface area contributed by atoms with Crippen LogP contribution in [0.4, 0.5) is 0 Å². The molecule has 0 saturated heterocycles. The molecule has 2 rings (SSSR count). The quantitative estimate of drug-likeness (QED) is 0.655. The Morgan fingerprint density at radius 2 is 1.95 bits per heavy atom. The van der Waals surface area contributed by atoms with Crippen LogP contribution in [0.5, 0.6) is 0 Å². The van der Waals surface area contributed by atoms with Gasteiger partial charge in [-0.15, -0.1) is 0 Å². The van der Waals surface area contributed by atoms with Crippen molar-refractivity contribution in [2.75, 3.05) is 6.61 Å². The van der Waals surface area contributed by atoms with E-state index in [9.17, 15) is 0 Å². The first-order valence-electron chi connectivity index (χ1n) is 9.10. The number of fused-ring (bicyclic) bond motifs is 1. The highest BCUT2D eigenvalue weighted by Gasteiger charge is 2.52. The number of rotatable bonds is 5. The van der Waals surface area contributed by atoms with Crippen molar-refractivity contribution in [3.63, 3.8) is 0 Å². The molecular formula is C20H36O. The van der Waals surface area contributed by atoms with Crippen LogP contribution in [0.2, 0.25) is 0 Å². The highest BCUT2D eigenvalue weighted by atomic mass is 16.3. The Kier molecular flexibility index (Phi) is 5.23. The Labute approximate surface area is 132 Å². The van der Waals surface area contributed by atoms with Gasteiger partial charge >= 0.3 is 0 Å². The molecule has 0 aromatic heterocycles. The molecule has 21 heavy (non-hydrogen) atoms. The molecule has 0 spiro atoms. The van der Waals surface area contributed by atoms with Crippen molar-refractivity contribution in [2.24, 2.45) is 28.6 Å². The summed E-state index contributed by atoms with van der Waals surface area (Å²) in [7, 11) is 0. The van der Waals surface area contributed by atoms with E-state index in [0.29, 0.717) is 29.3 Å². The maximum Gasteiger partial charge on any atom is 0.0433 e. The van der Waals surface area contributed by atoms with Crippen LogP contribution in [0.3, 0.4) is 0 Å². The summed E-state index contributed by atoms with van der Waals surface area (Å²) in [6.07, 6.45) is 10.2. The molecule has 122 valence electrons. The number of aliphatic hydroxyl groups is 1. The normalized spacial score (nSPS) is 37.1. The van der Waals surface area contributed by atoms with Gasteiger partial charge in [-0.3, -0.25) is 0 Å². The van der Waals surface area contributed by atoms with E-state index >= 15 is 0 Å². The van der Waals surface area contributed by atoms with Crippen molar-refractivity contribution in [3.05, 3.63) is 12.2 Å². The second kappa shape index (κ2) is 6.44. The molecule has 2 aliphatic rings. The summed E-state index contributed by atoms with van der Waals surface area (Å²) in [4.78, 5) is 0. The number of hydrogen-bond donors (Lipinski definition) is 1. The fourth-order valence-electron chi connectivity index (χ4n) is 5.62. The minimum absolute atomic E-state index is 0.333. The maximum atomic E-state index is 9.11. The van der Waals surface area contributed by atoms with Crippen LogP contribution < -0.4 is 0 Å². The van der Waals surface area contributed by atoms with Gasteiger partial charge in [-0.05, 0) is 67.1 Å². The van der Waals surface area contributed by atoms with Crippen LogP contribution in [0, 0.1) is 28.6 Å². The first-order valence-corrected chi connectivity index (χ1v) is 9.10. The van der Waals surface area contributed by atoms with E-state index in [4.69, 9.17) is 5.11 Å². The lowest BCUT2D eigenvalue weighted by molar-refractivity contribution is -0.0553. The zero-order chi connectivity index (χ0) is 15.7. The number of hydrogen-bond acceptors (Lipinski definition) is 1. The monoisotopic (exact) mass is 292 g/mol. The molecule has 0 aromatic carbocycles. The Bertz CT molecular complexity index is 370. The zero-order valence-electron chi connectivity index (χ0n) is 14.8. The molecule has 1 nitrogen and oxygen atoms in total. The van der Waals surface area contributed by atoms with Crippen LogP contribution in [-0.4, -0.2) is 11.7 Å². The largest absolute Gasteiger partial charge is 0.396 e. The molecule has 0 amide bonds. The molecule has 0 radical (unpaired) electrons. The zero-order valence-corrected chi connectivity index (χ0v) is 14.8. The van der Waals surface area contributed by atoms with Crippen molar-refractivity contribution in [2.45, 2.75) is 79.1 Å². The van der Waals surface area contributed by atoms with Crippen molar-refractivity contribution in [1.82, 2.24) is 0 Å². The molecule has 1 heteroatoms.